The van der Waals surface area contributed by atoms with Crippen LogP contribution < -0.4 is 0 Å². The average Bonchev–Trinajstić information content (AvgIpc) is 2.28. The molecule has 1 rings (SSSR count). The summed E-state index contributed by atoms with van der Waals surface area (Å²) >= 11 is 5.04. The summed E-state index contributed by atoms with van der Waals surface area (Å²) in [4.78, 5) is 10.3. The molecular formula is C5HClF3NO3. The van der Waals surface area contributed by atoms with E-state index in [4.69, 9.17) is 16.7 Å². The van der Waals surface area contributed by atoms with E-state index in [9.17, 15) is 18.0 Å². The van der Waals surface area contributed by atoms with Gasteiger partial charge in [0.1, 0.15) is 0 Å². The first kappa shape index (κ1) is 9.85. The van der Waals surface area contributed by atoms with Crippen LogP contribution in [0.15, 0.2) is 4.52 Å². The summed E-state index contributed by atoms with van der Waals surface area (Å²) in [7, 11) is 0. The van der Waals surface area contributed by atoms with Crippen molar-refractivity contribution in [2.45, 2.75) is 6.18 Å². The summed E-state index contributed by atoms with van der Waals surface area (Å²) in [6.07, 6.45) is -4.88. The maximum atomic E-state index is 12.0. The van der Waals surface area contributed by atoms with Gasteiger partial charge in [-0.05, 0) is 11.6 Å². The average molecular weight is 216 g/mol. The fourth-order valence-corrected chi connectivity index (χ4v) is 0.854. The van der Waals surface area contributed by atoms with Crippen molar-refractivity contribution in [3.63, 3.8) is 0 Å². The van der Waals surface area contributed by atoms with E-state index in [1.54, 1.807) is 0 Å². The highest BCUT2D eigenvalue weighted by molar-refractivity contribution is 6.31. The number of nitrogens with zero attached hydrogens (tertiary/aromatic N) is 1. The molecule has 0 radical (unpaired) electrons. The van der Waals surface area contributed by atoms with Crippen molar-refractivity contribution in [3.8, 4) is 0 Å². The molecule has 0 aliphatic carbocycles. The van der Waals surface area contributed by atoms with Crippen LogP contribution in [0.1, 0.15) is 16.1 Å². The lowest BCUT2D eigenvalue weighted by atomic mass is 10.2. The second kappa shape index (κ2) is 2.91. The molecular weight excluding hydrogens is 215 g/mol. The number of halogens is 4. The molecule has 72 valence electrons. The van der Waals surface area contributed by atoms with Crippen LogP contribution in [0.4, 0.5) is 13.2 Å². The first-order valence-corrected chi connectivity index (χ1v) is 3.17. The molecule has 1 aromatic rings. The van der Waals surface area contributed by atoms with Crippen molar-refractivity contribution in [3.05, 3.63) is 16.5 Å². The summed E-state index contributed by atoms with van der Waals surface area (Å²) in [5.74, 6) is -1.83. The fourth-order valence-electron chi connectivity index (χ4n) is 0.649. The Morgan fingerprint density at radius 3 is 2.38 bits per heavy atom. The lowest BCUT2D eigenvalue weighted by Gasteiger charge is -2.00. The fraction of sp³-hybridized carbons (Fsp3) is 0.200. The van der Waals surface area contributed by atoms with Gasteiger partial charge in [-0.3, -0.25) is 0 Å². The molecule has 0 aliphatic heterocycles. The molecule has 4 nitrogen and oxygen atoms in total. The van der Waals surface area contributed by atoms with Crippen LogP contribution >= 0.6 is 11.6 Å². The second-order valence-electron chi connectivity index (χ2n) is 1.98. The van der Waals surface area contributed by atoms with Gasteiger partial charge < -0.3 is 9.63 Å². The zero-order chi connectivity index (χ0) is 10.2. The zero-order valence-electron chi connectivity index (χ0n) is 5.72. The largest absolute Gasteiger partial charge is 0.477 e. The van der Waals surface area contributed by atoms with E-state index in [1.807, 2.05) is 0 Å². The molecule has 0 aromatic carbocycles. The summed E-state index contributed by atoms with van der Waals surface area (Å²) in [5.41, 5.74) is -2.81. The summed E-state index contributed by atoms with van der Waals surface area (Å²) in [5, 5.41) is 9.92. The van der Waals surface area contributed by atoms with Gasteiger partial charge >= 0.3 is 12.1 Å². The monoisotopic (exact) mass is 215 g/mol. The quantitative estimate of drug-likeness (QED) is 0.779. The van der Waals surface area contributed by atoms with Crippen LogP contribution in [0.2, 0.25) is 5.22 Å². The maximum Gasteiger partial charge on any atom is 0.437 e. The van der Waals surface area contributed by atoms with Crippen LogP contribution in [0, 0.1) is 0 Å². The highest BCUT2D eigenvalue weighted by atomic mass is 35.5. The first-order valence-electron chi connectivity index (χ1n) is 2.79. The predicted octanol–water partition coefficient (Wildman–Crippen LogP) is 2.04. The minimum Gasteiger partial charge on any atom is -0.477 e. The van der Waals surface area contributed by atoms with Crippen molar-refractivity contribution in [2.24, 2.45) is 0 Å². The van der Waals surface area contributed by atoms with Crippen LogP contribution in [0.5, 0.6) is 0 Å². The molecule has 0 aliphatic rings. The van der Waals surface area contributed by atoms with Gasteiger partial charge in [0.05, 0.1) is 0 Å². The minimum atomic E-state index is -4.88. The van der Waals surface area contributed by atoms with Crippen molar-refractivity contribution in [1.82, 2.24) is 5.16 Å². The van der Waals surface area contributed by atoms with E-state index in [0.29, 0.717) is 0 Å². The van der Waals surface area contributed by atoms with Crippen molar-refractivity contribution >= 4 is 17.6 Å². The van der Waals surface area contributed by atoms with E-state index in [0.717, 1.165) is 0 Å². The number of carbonyl (C=O) groups is 1. The number of aromatic carboxylic acids is 1. The topological polar surface area (TPSA) is 63.3 Å². The van der Waals surface area contributed by atoms with Crippen LogP contribution in [-0.2, 0) is 6.18 Å². The van der Waals surface area contributed by atoms with Gasteiger partial charge in [-0.2, -0.15) is 13.2 Å². The number of carboxylic acid groups (broad SMARTS) is 1. The van der Waals surface area contributed by atoms with Crippen LogP contribution in [-0.4, -0.2) is 16.2 Å². The maximum absolute atomic E-state index is 12.0. The molecule has 13 heavy (non-hydrogen) atoms. The summed E-state index contributed by atoms with van der Waals surface area (Å²) in [6, 6.07) is 0. The third kappa shape index (κ3) is 1.74. The number of aromatic nitrogens is 1. The minimum absolute atomic E-state index is 0.889. The molecule has 0 unspecified atom stereocenters. The number of hydrogen-bond acceptors (Lipinski definition) is 3. The Labute approximate surface area is 73.9 Å². The van der Waals surface area contributed by atoms with Crippen molar-refractivity contribution in [2.75, 3.05) is 0 Å². The molecule has 0 amide bonds. The predicted molar refractivity (Wildman–Crippen MR) is 33.5 cm³/mol. The third-order valence-corrected chi connectivity index (χ3v) is 1.39. The van der Waals surface area contributed by atoms with Gasteiger partial charge in [0.25, 0.3) is 0 Å². The smallest absolute Gasteiger partial charge is 0.437 e. The normalized spacial score (nSPS) is 11.7. The molecule has 1 N–H and O–H groups in total. The van der Waals surface area contributed by atoms with Gasteiger partial charge in [0, 0.05) is 0 Å². The van der Waals surface area contributed by atoms with Crippen molar-refractivity contribution in [1.29, 1.82) is 0 Å². The molecule has 0 bridgehead atoms. The highest BCUT2D eigenvalue weighted by Gasteiger charge is 2.41. The van der Waals surface area contributed by atoms with Gasteiger partial charge in [0.15, 0.2) is 5.56 Å². The van der Waals surface area contributed by atoms with Gasteiger partial charge in [-0.1, -0.05) is 5.16 Å². The van der Waals surface area contributed by atoms with E-state index in [-0.39, 0.29) is 0 Å². The Morgan fingerprint density at radius 1 is 1.54 bits per heavy atom. The number of rotatable bonds is 1. The van der Waals surface area contributed by atoms with Crippen molar-refractivity contribution < 1.29 is 27.6 Å². The number of hydrogen-bond donors (Lipinski definition) is 1. The SMILES string of the molecule is O=C(O)c1c(C(F)(F)F)noc1Cl. The van der Waals surface area contributed by atoms with Gasteiger partial charge in [-0.15, -0.1) is 0 Å². The zero-order valence-corrected chi connectivity index (χ0v) is 6.48. The Hall–Kier alpha value is -1.24. The molecule has 1 aromatic heterocycles. The molecule has 0 atom stereocenters. The second-order valence-corrected chi connectivity index (χ2v) is 2.33. The van der Waals surface area contributed by atoms with E-state index in [2.05, 4.69) is 9.68 Å². The number of alkyl halides is 3. The molecule has 1 heterocycles. The lowest BCUT2D eigenvalue weighted by Crippen LogP contribution is -2.11. The lowest BCUT2D eigenvalue weighted by molar-refractivity contribution is -0.143. The van der Waals surface area contributed by atoms with Gasteiger partial charge in [0.2, 0.25) is 10.9 Å². The van der Waals surface area contributed by atoms with Gasteiger partial charge in [-0.25, -0.2) is 4.79 Å². The third-order valence-electron chi connectivity index (χ3n) is 1.13. The molecule has 0 saturated heterocycles. The number of carboxylic acids is 1. The van der Waals surface area contributed by atoms with E-state index < -0.39 is 28.6 Å². The van der Waals surface area contributed by atoms with Crippen LogP contribution in [0.3, 0.4) is 0 Å². The Kier molecular flexibility index (Phi) is 2.21. The highest BCUT2D eigenvalue weighted by Crippen LogP contribution is 2.34. The van der Waals surface area contributed by atoms with Crippen LogP contribution in [0.25, 0.3) is 0 Å². The molecule has 0 spiro atoms. The summed E-state index contributed by atoms with van der Waals surface area (Å²) < 4.78 is 39.8. The molecule has 0 fully saturated rings. The van der Waals surface area contributed by atoms with E-state index >= 15 is 0 Å². The van der Waals surface area contributed by atoms with E-state index in [1.165, 1.54) is 0 Å². The summed E-state index contributed by atoms with van der Waals surface area (Å²) in [6.45, 7) is 0. The Bertz CT molecular complexity index is 345. The molecule has 0 saturated carbocycles. The first-order chi connectivity index (χ1) is 5.84. The standard InChI is InChI=1S/C5HClF3NO3/c6-3-1(4(11)12)2(10-13-3)5(7,8)9/h(H,11,12). The molecule has 8 heteroatoms. The Balaban J connectivity index is 3.31. The Morgan fingerprint density at radius 2 is 2.08 bits per heavy atom.